The van der Waals surface area contributed by atoms with Crippen molar-refractivity contribution in [3.05, 3.63) is 63.9 Å². The van der Waals surface area contributed by atoms with E-state index in [1.165, 1.54) is 5.56 Å². The lowest BCUT2D eigenvalue weighted by Crippen LogP contribution is -2.23. The maximum Gasteiger partial charge on any atom is 0.266 e. The lowest BCUT2D eigenvalue weighted by molar-refractivity contribution is 0.809. The van der Waals surface area contributed by atoms with Crippen LogP contribution in [0.1, 0.15) is 25.0 Å². The monoisotopic (exact) mass is 324 g/mol. The molecule has 2 aromatic carbocycles. The Labute approximate surface area is 140 Å². The van der Waals surface area contributed by atoms with E-state index in [-0.39, 0.29) is 5.56 Å². The van der Waals surface area contributed by atoms with Crippen LogP contribution in [0.2, 0.25) is 0 Å². The zero-order chi connectivity index (χ0) is 16.6. The van der Waals surface area contributed by atoms with E-state index >= 15 is 0 Å². The Morgan fingerprint density at radius 2 is 1.78 bits per heavy atom. The van der Waals surface area contributed by atoms with Crippen molar-refractivity contribution >= 4 is 22.7 Å². The van der Waals surface area contributed by atoms with Gasteiger partial charge in [0.2, 0.25) is 0 Å². The average Bonchev–Trinajstić information content (AvgIpc) is 2.51. The highest BCUT2D eigenvalue weighted by molar-refractivity contribution is 7.99. The summed E-state index contributed by atoms with van der Waals surface area (Å²) in [7, 11) is 0. The maximum absolute atomic E-state index is 13.1. The fraction of sp³-hybridized carbons (Fsp3) is 0.263. The Bertz CT molecular complexity index is 928. The molecule has 3 rings (SSSR count). The van der Waals surface area contributed by atoms with E-state index < -0.39 is 0 Å². The molecule has 0 bridgehead atoms. The van der Waals surface area contributed by atoms with E-state index in [9.17, 15) is 4.79 Å². The number of rotatable bonds is 3. The Hall–Kier alpha value is -2.07. The highest BCUT2D eigenvalue weighted by atomic mass is 32.2. The maximum atomic E-state index is 13.1. The van der Waals surface area contributed by atoms with Gasteiger partial charge in [-0.25, -0.2) is 4.98 Å². The van der Waals surface area contributed by atoms with E-state index in [4.69, 9.17) is 4.98 Å². The number of fused-ring (bicyclic) bond motifs is 1. The van der Waals surface area contributed by atoms with Crippen LogP contribution in [0, 0.1) is 13.8 Å². The second kappa shape index (κ2) is 6.20. The van der Waals surface area contributed by atoms with Gasteiger partial charge in [0.05, 0.1) is 16.6 Å². The normalized spacial score (nSPS) is 11.3. The van der Waals surface area contributed by atoms with Crippen LogP contribution < -0.4 is 5.56 Å². The van der Waals surface area contributed by atoms with Crippen LogP contribution in [-0.2, 0) is 0 Å². The Morgan fingerprint density at radius 1 is 1.04 bits per heavy atom. The second-order valence-corrected chi connectivity index (χ2v) is 7.48. The predicted octanol–water partition coefficient (Wildman–Crippen LogP) is 4.50. The molecule has 0 saturated heterocycles. The number of hydrogen-bond acceptors (Lipinski definition) is 3. The van der Waals surface area contributed by atoms with Crippen LogP contribution in [0.5, 0.6) is 0 Å². The second-order valence-electron chi connectivity index (χ2n) is 5.94. The van der Waals surface area contributed by atoms with Gasteiger partial charge in [-0.3, -0.25) is 9.36 Å². The van der Waals surface area contributed by atoms with Gasteiger partial charge in [0.25, 0.3) is 5.56 Å². The van der Waals surface area contributed by atoms with Crippen molar-refractivity contribution in [2.75, 3.05) is 0 Å². The molecule has 0 radical (unpaired) electrons. The molecule has 0 aliphatic rings. The van der Waals surface area contributed by atoms with Crippen molar-refractivity contribution in [3.63, 3.8) is 0 Å². The number of aryl methyl sites for hydroxylation is 1. The number of aromatic nitrogens is 2. The van der Waals surface area contributed by atoms with E-state index in [1.54, 1.807) is 16.3 Å². The zero-order valence-electron chi connectivity index (χ0n) is 13.8. The minimum atomic E-state index is -0.00699. The summed E-state index contributed by atoms with van der Waals surface area (Å²) in [6, 6.07) is 13.6. The standard InChI is InChI=1S/C19H20N2OS/c1-12(2)23-19-20-16-10-6-5-9-15(16)18(22)21(19)17-11-7-8-13(3)14(17)4/h5-12H,1-4H3. The Morgan fingerprint density at radius 3 is 2.52 bits per heavy atom. The molecule has 0 atom stereocenters. The van der Waals surface area contributed by atoms with Gasteiger partial charge in [0.1, 0.15) is 0 Å². The summed E-state index contributed by atoms with van der Waals surface area (Å²) in [6.45, 7) is 8.34. The number of benzene rings is 2. The van der Waals surface area contributed by atoms with Crippen molar-refractivity contribution < 1.29 is 0 Å². The molecule has 3 aromatic rings. The van der Waals surface area contributed by atoms with Crippen molar-refractivity contribution in [3.8, 4) is 5.69 Å². The molecule has 0 aliphatic carbocycles. The third-order valence-electron chi connectivity index (χ3n) is 3.90. The first-order chi connectivity index (χ1) is 11.0. The molecule has 1 heterocycles. The van der Waals surface area contributed by atoms with Crippen LogP contribution in [0.25, 0.3) is 16.6 Å². The van der Waals surface area contributed by atoms with E-state index in [0.717, 1.165) is 21.9 Å². The summed E-state index contributed by atoms with van der Waals surface area (Å²) >= 11 is 1.62. The SMILES string of the molecule is Cc1cccc(-n2c(SC(C)C)nc3ccccc3c2=O)c1C. The van der Waals surface area contributed by atoms with Gasteiger partial charge in [-0.1, -0.05) is 49.9 Å². The van der Waals surface area contributed by atoms with Crippen LogP contribution in [0.3, 0.4) is 0 Å². The lowest BCUT2D eigenvalue weighted by Gasteiger charge is -2.17. The molecule has 1 aromatic heterocycles. The molecule has 0 spiro atoms. The summed E-state index contributed by atoms with van der Waals surface area (Å²) in [6.07, 6.45) is 0. The van der Waals surface area contributed by atoms with Crippen molar-refractivity contribution in [1.29, 1.82) is 0 Å². The van der Waals surface area contributed by atoms with Crippen molar-refractivity contribution in [2.24, 2.45) is 0 Å². The smallest absolute Gasteiger partial charge is 0.266 e. The summed E-state index contributed by atoms with van der Waals surface area (Å²) < 4.78 is 1.76. The predicted molar refractivity (Wildman–Crippen MR) is 97.8 cm³/mol. The van der Waals surface area contributed by atoms with E-state index in [2.05, 4.69) is 33.8 Å². The van der Waals surface area contributed by atoms with Crippen molar-refractivity contribution in [1.82, 2.24) is 9.55 Å². The van der Waals surface area contributed by atoms with Crippen LogP contribution in [0.15, 0.2) is 52.4 Å². The summed E-state index contributed by atoms with van der Waals surface area (Å²) in [5.74, 6) is 0. The van der Waals surface area contributed by atoms with Crippen LogP contribution in [-0.4, -0.2) is 14.8 Å². The van der Waals surface area contributed by atoms with Gasteiger partial charge in [-0.15, -0.1) is 0 Å². The highest BCUT2D eigenvalue weighted by Gasteiger charge is 2.16. The minimum absolute atomic E-state index is 0.00699. The average molecular weight is 324 g/mol. The van der Waals surface area contributed by atoms with Crippen LogP contribution >= 0.6 is 11.8 Å². The number of thioether (sulfide) groups is 1. The quantitative estimate of drug-likeness (QED) is 0.525. The Balaban J connectivity index is 2.39. The summed E-state index contributed by atoms with van der Waals surface area (Å²) in [5.41, 5.74) is 3.94. The molecule has 23 heavy (non-hydrogen) atoms. The summed E-state index contributed by atoms with van der Waals surface area (Å²) in [5, 5.41) is 1.75. The molecule has 0 fully saturated rings. The first-order valence-electron chi connectivity index (χ1n) is 7.74. The van der Waals surface area contributed by atoms with Gasteiger partial charge in [0.15, 0.2) is 5.16 Å². The fourth-order valence-electron chi connectivity index (χ4n) is 2.59. The molecule has 3 nitrogen and oxygen atoms in total. The lowest BCUT2D eigenvalue weighted by atomic mass is 10.1. The molecule has 0 unspecified atom stereocenters. The van der Waals surface area contributed by atoms with Gasteiger partial charge < -0.3 is 0 Å². The first-order valence-corrected chi connectivity index (χ1v) is 8.62. The van der Waals surface area contributed by atoms with Gasteiger partial charge >= 0.3 is 0 Å². The molecule has 4 heteroatoms. The Kier molecular flexibility index (Phi) is 4.26. The topological polar surface area (TPSA) is 34.9 Å². The molecule has 118 valence electrons. The molecule has 0 saturated carbocycles. The highest BCUT2D eigenvalue weighted by Crippen LogP contribution is 2.26. The van der Waals surface area contributed by atoms with E-state index in [1.807, 2.05) is 36.4 Å². The largest absolute Gasteiger partial charge is 0.268 e. The van der Waals surface area contributed by atoms with Gasteiger partial charge in [-0.2, -0.15) is 0 Å². The van der Waals surface area contributed by atoms with Gasteiger partial charge in [0, 0.05) is 5.25 Å². The van der Waals surface area contributed by atoms with E-state index in [0.29, 0.717) is 10.6 Å². The molecule has 0 aliphatic heterocycles. The molecular formula is C19H20N2OS. The fourth-order valence-corrected chi connectivity index (χ4v) is 3.45. The van der Waals surface area contributed by atoms with Gasteiger partial charge in [-0.05, 0) is 43.2 Å². The first kappa shape index (κ1) is 15.8. The molecule has 0 N–H and O–H groups in total. The molecule has 0 amide bonds. The zero-order valence-corrected chi connectivity index (χ0v) is 14.6. The number of para-hydroxylation sites is 1. The third-order valence-corrected chi connectivity index (χ3v) is 4.86. The van der Waals surface area contributed by atoms with Crippen molar-refractivity contribution in [2.45, 2.75) is 38.1 Å². The number of nitrogens with zero attached hydrogens (tertiary/aromatic N) is 2. The molecular weight excluding hydrogens is 304 g/mol. The minimum Gasteiger partial charge on any atom is -0.268 e. The third kappa shape index (κ3) is 2.91. The van der Waals surface area contributed by atoms with Crippen LogP contribution in [0.4, 0.5) is 0 Å². The summed E-state index contributed by atoms with van der Waals surface area (Å²) in [4.78, 5) is 17.9. The number of hydrogen-bond donors (Lipinski definition) is 0.